The number of carbonyl (C=O) groups excluding carboxylic acids is 1. The molecule has 10 heteroatoms. The molecule has 28 heavy (non-hydrogen) atoms. The molecule has 0 atom stereocenters. The van der Waals surface area contributed by atoms with E-state index in [-0.39, 0.29) is 11.4 Å². The van der Waals surface area contributed by atoms with Gasteiger partial charge in [0, 0.05) is 25.0 Å². The minimum absolute atomic E-state index is 0.0204. The molecule has 1 aliphatic heterocycles. The highest BCUT2D eigenvalue weighted by Crippen LogP contribution is 2.36. The van der Waals surface area contributed by atoms with Crippen LogP contribution in [0.3, 0.4) is 0 Å². The Morgan fingerprint density at radius 1 is 1.21 bits per heavy atom. The topological polar surface area (TPSA) is 58.1 Å². The molecule has 0 saturated carbocycles. The minimum Gasteiger partial charge on any atom is -0.356 e. The average molecular weight is 431 g/mol. The summed E-state index contributed by atoms with van der Waals surface area (Å²) in [7, 11) is 0. The summed E-state index contributed by atoms with van der Waals surface area (Å²) in [6.45, 7) is 1.89. The molecule has 3 rings (SSSR count). The van der Waals surface area contributed by atoms with Crippen LogP contribution in [0.25, 0.3) is 0 Å². The van der Waals surface area contributed by atoms with Gasteiger partial charge in [-0.25, -0.2) is 9.97 Å². The number of benzene rings is 1. The minimum atomic E-state index is -4.59. The summed E-state index contributed by atoms with van der Waals surface area (Å²) in [6.07, 6.45) is 0.511. The number of aromatic nitrogens is 2. The van der Waals surface area contributed by atoms with Crippen LogP contribution < -0.4 is 10.2 Å². The SMILES string of the molecule is O=C(CSc1nccc(N2CCCCC2)n1)Nc1ccc(Cl)c(C(F)(F)F)c1. The van der Waals surface area contributed by atoms with Crippen LogP contribution in [0.2, 0.25) is 5.02 Å². The second kappa shape index (κ2) is 9.00. The van der Waals surface area contributed by atoms with Gasteiger partial charge in [-0.1, -0.05) is 23.4 Å². The number of hydrogen-bond donors (Lipinski definition) is 1. The van der Waals surface area contributed by atoms with Gasteiger partial charge >= 0.3 is 6.18 Å². The van der Waals surface area contributed by atoms with Crippen molar-refractivity contribution in [2.75, 3.05) is 29.1 Å². The van der Waals surface area contributed by atoms with Gasteiger partial charge in [0.25, 0.3) is 0 Å². The summed E-state index contributed by atoms with van der Waals surface area (Å²) < 4.78 is 38.7. The summed E-state index contributed by atoms with van der Waals surface area (Å²) in [5, 5.41) is 2.48. The van der Waals surface area contributed by atoms with E-state index in [1.165, 1.54) is 12.5 Å². The lowest BCUT2D eigenvalue weighted by Gasteiger charge is -2.27. The number of carbonyl (C=O) groups is 1. The van der Waals surface area contributed by atoms with Crippen molar-refractivity contribution in [2.24, 2.45) is 0 Å². The fourth-order valence-electron chi connectivity index (χ4n) is 2.85. The molecule has 0 radical (unpaired) electrons. The molecule has 0 aliphatic carbocycles. The highest BCUT2D eigenvalue weighted by Gasteiger charge is 2.33. The summed E-state index contributed by atoms with van der Waals surface area (Å²) in [5.41, 5.74) is -0.956. The molecule has 0 spiro atoms. The van der Waals surface area contributed by atoms with Crippen LogP contribution in [-0.4, -0.2) is 34.7 Å². The Labute approximate surface area is 169 Å². The Morgan fingerprint density at radius 2 is 1.96 bits per heavy atom. The molecule has 0 bridgehead atoms. The Bertz CT molecular complexity index is 844. The molecule has 1 saturated heterocycles. The fourth-order valence-corrected chi connectivity index (χ4v) is 3.70. The maximum absolute atomic E-state index is 12.9. The van der Waals surface area contributed by atoms with E-state index in [1.54, 1.807) is 6.20 Å². The maximum Gasteiger partial charge on any atom is 0.417 e. The Kier molecular flexibility index (Phi) is 6.66. The lowest BCUT2D eigenvalue weighted by molar-refractivity contribution is -0.137. The molecule has 5 nitrogen and oxygen atoms in total. The van der Waals surface area contributed by atoms with Gasteiger partial charge in [0.15, 0.2) is 5.16 Å². The van der Waals surface area contributed by atoms with E-state index in [0.29, 0.717) is 5.16 Å². The van der Waals surface area contributed by atoms with Gasteiger partial charge in [0.1, 0.15) is 5.82 Å². The highest BCUT2D eigenvalue weighted by atomic mass is 35.5. The largest absolute Gasteiger partial charge is 0.417 e. The predicted molar refractivity (Wildman–Crippen MR) is 104 cm³/mol. The second-order valence-electron chi connectivity index (χ2n) is 6.27. The Morgan fingerprint density at radius 3 is 2.68 bits per heavy atom. The van der Waals surface area contributed by atoms with E-state index in [9.17, 15) is 18.0 Å². The van der Waals surface area contributed by atoms with Crippen LogP contribution in [0, 0.1) is 0 Å². The van der Waals surface area contributed by atoms with Gasteiger partial charge in [0.05, 0.1) is 16.3 Å². The number of halogens is 4. The van der Waals surface area contributed by atoms with Crippen molar-refractivity contribution in [2.45, 2.75) is 30.6 Å². The molecule has 1 aromatic carbocycles. The molecule has 1 aliphatic rings. The first-order valence-electron chi connectivity index (χ1n) is 8.70. The molecular formula is C18H18ClF3N4OS. The standard InChI is InChI=1S/C18H18ClF3N4OS/c19-14-5-4-12(10-13(14)18(20,21)22)24-16(27)11-28-17-23-7-6-15(25-17)26-8-2-1-3-9-26/h4-7,10H,1-3,8-9,11H2,(H,24,27). The van der Waals surface area contributed by atoms with Crippen molar-refractivity contribution in [3.05, 3.63) is 41.0 Å². The van der Waals surface area contributed by atoms with E-state index < -0.39 is 22.7 Å². The number of piperidine rings is 1. The van der Waals surface area contributed by atoms with E-state index >= 15 is 0 Å². The first kappa shape index (κ1) is 20.7. The second-order valence-corrected chi connectivity index (χ2v) is 7.62. The zero-order valence-electron chi connectivity index (χ0n) is 14.8. The summed E-state index contributed by atoms with van der Waals surface area (Å²) in [5.74, 6) is 0.352. The average Bonchev–Trinajstić information content (AvgIpc) is 2.68. The molecule has 150 valence electrons. The van der Waals surface area contributed by atoms with Crippen LogP contribution >= 0.6 is 23.4 Å². The van der Waals surface area contributed by atoms with E-state index in [1.807, 2.05) is 6.07 Å². The number of anilines is 2. The van der Waals surface area contributed by atoms with Crippen LogP contribution in [-0.2, 0) is 11.0 Å². The highest BCUT2D eigenvalue weighted by molar-refractivity contribution is 7.99. The molecule has 1 aromatic heterocycles. The monoisotopic (exact) mass is 430 g/mol. The van der Waals surface area contributed by atoms with Gasteiger partial charge in [-0.15, -0.1) is 0 Å². The third kappa shape index (κ3) is 5.51. The zero-order chi connectivity index (χ0) is 20.1. The van der Waals surface area contributed by atoms with Crippen molar-refractivity contribution in [1.82, 2.24) is 9.97 Å². The van der Waals surface area contributed by atoms with E-state index in [2.05, 4.69) is 20.2 Å². The number of hydrogen-bond acceptors (Lipinski definition) is 5. The van der Waals surface area contributed by atoms with E-state index in [0.717, 1.165) is 55.6 Å². The zero-order valence-corrected chi connectivity index (χ0v) is 16.4. The molecule has 0 unspecified atom stereocenters. The lowest BCUT2D eigenvalue weighted by Crippen LogP contribution is -2.30. The predicted octanol–water partition coefficient (Wildman–Crippen LogP) is 4.87. The number of amides is 1. The number of alkyl halides is 3. The van der Waals surface area contributed by atoms with Crippen molar-refractivity contribution in [3.8, 4) is 0 Å². The Balaban J connectivity index is 1.59. The number of nitrogens with zero attached hydrogens (tertiary/aromatic N) is 3. The van der Waals surface area contributed by atoms with Crippen LogP contribution in [0.1, 0.15) is 24.8 Å². The third-order valence-electron chi connectivity index (χ3n) is 4.19. The van der Waals surface area contributed by atoms with Crippen LogP contribution in [0.15, 0.2) is 35.6 Å². The van der Waals surface area contributed by atoms with Gasteiger partial charge in [-0.05, 0) is 43.5 Å². The molecule has 1 amide bonds. The molecule has 2 aromatic rings. The summed E-state index contributed by atoms with van der Waals surface area (Å²) in [6, 6.07) is 5.09. The number of rotatable bonds is 5. The normalized spacial score (nSPS) is 14.8. The quantitative estimate of drug-likeness (QED) is 0.541. The van der Waals surface area contributed by atoms with Crippen molar-refractivity contribution in [3.63, 3.8) is 0 Å². The van der Waals surface area contributed by atoms with Gasteiger partial charge in [-0.2, -0.15) is 13.2 Å². The number of nitrogens with one attached hydrogen (secondary N) is 1. The third-order valence-corrected chi connectivity index (χ3v) is 5.38. The van der Waals surface area contributed by atoms with Crippen LogP contribution in [0.4, 0.5) is 24.7 Å². The summed E-state index contributed by atoms with van der Waals surface area (Å²) >= 11 is 6.71. The van der Waals surface area contributed by atoms with Crippen molar-refractivity contribution in [1.29, 1.82) is 0 Å². The Hall–Kier alpha value is -2.00. The molecule has 1 N–H and O–H groups in total. The van der Waals surface area contributed by atoms with Gasteiger partial charge < -0.3 is 10.2 Å². The lowest BCUT2D eigenvalue weighted by atomic mass is 10.1. The first-order valence-corrected chi connectivity index (χ1v) is 10.1. The fraction of sp³-hybridized carbons (Fsp3) is 0.389. The molecule has 2 heterocycles. The number of thioether (sulfide) groups is 1. The molecular weight excluding hydrogens is 413 g/mol. The maximum atomic E-state index is 12.9. The van der Waals surface area contributed by atoms with E-state index in [4.69, 9.17) is 11.6 Å². The van der Waals surface area contributed by atoms with Gasteiger partial charge in [0.2, 0.25) is 5.91 Å². The summed E-state index contributed by atoms with van der Waals surface area (Å²) in [4.78, 5) is 22.9. The molecule has 1 fully saturated rings. The van der Waals surface area contributed by atoms with Crippen molar-refractivity contribution >= 4 is 40.8 Å². The first-order chi connectivity index (χ1) is 13.3. The van der Waals surface area contributed by atoms with Crippen molar-refractivity contribution < 1.29 is 18.0 Å². The smallest absolute Gasteiger partial charge is 0.356 e. The van der Waals surface area contributed by atoms with Gasteiger partial charge in [-0.3, -0.25) is 4.79 Å². The van der Waals surface area contributed by atoms with Crippen LogP contribution in [0.5, 0.6) is 0 Å².